The summed E-state index contributed by atoms with van der Waals surface area (Å²) in [6.45, 7) is 3.41. The van der Waals surface area contributed by atoms with E-state index in [4.69, 9.17) is 0 Å². The van der Waals surface area contributed by atoms with Crippen molar-refractivity contribution in [2.45, 2.75) is 20.0 Å². The summed E-state index contributed by atoms with van der Waals surface area (Å²) >= 11 is 0. The van der Waals surface area contributed by atoms with Crippen molar-refractivity contribution < 1.29 is 4.39 Å². The lowest BCUT2D eigenvalue weighted by molar-refractivity contribution is 0.623. The maximum absolute atomic E-state index is 12.9. The molecule has 2 N–H and O–H groups in total. The standard InChI is InChI=1S/C12H14FN3/c1-9-4-12(13)3-2-11(9)8-14-5-10-6-15-16-7-10/h2-4,6-7,14H,5,8H2,1H3,(H,15,16). The molecule has 1 heterocycles. The number of aromatic amines is 1. The second kappa shape index (κ2) is 4.90. The highest BCUT2D eigenvalue weighted by molar-refractivity contribution is 5.26. The van der Waals surface area contributed by atoms with Gasteiger partial charge in [0.15, 0.2) is 0 Å². The van der Waals surface area contributed by atoms with Gasteiger partial charge in [-0.15, -0.1) is 0 Å². The van der Waals surface area contributed by atoms with Crippen LogP contribution in [-0.4, -0.2) is 10.2 Å². The molecule has 0 atom stereocenters. The van der Waals surface area contributed by atoms with Crippen LogP contribution in [0.3, 0.4) is 0 Å². The average Bonchev–Trinajstić information content (AvgIpc) is 2.74. The second-order valence-electron chi connectivity index (χ2n) is 3.78. The number of H-pyrrole nitrogens is 1. The van der Waals surface area contributed by atoms with Crippen molar-refractivity contribution in [1.82, 2.24) is 15.5 Å². The van der Waals surface area contributed by atoms with Crippen molar-refractivity contribution in [2.24, 2.45) is 0 Å². The second-order valence-corrected chi connectivity index (χ2v) is 3.78. The number of halogens is 1. The van der Waals surface area contributed by atoms with E-state index in [1.165, 1.54) is 6.07 Å². The summed E-state index contributed by atoms with van der Waals surface area (Å²) in [5.74, 6) is -0.184. The van der Waals surface area contributed by atoms with Gasteiger partial charge in [-0.25, -0.2) is 4.39 Å². The fraction of sp³-hybridized carbons (Fsp3) is 0.250. The van der Waals surface area contributed by atoms with E-state index in [1.807, 2.05) is 19.2 Å². The molecule has 16 heavy (non-hydrogen) atoms. The van der Waals surface area contributed by atoms with Crippen molar-refractivity contribution in [1.29, 1.82) is 0 Å². The molecule has 0 aliphatic carbocycles. The Morgan fingerprint density at radius 2 is 2.25 bits per heavy atom. The molecule has 0 amide bonds. The van der Waals surface area contributed by atoms with Crippen LogP contribution in [0.1, 0.15) is 16.7 Å². The van der Waals surface area contributed by atoms with E-state index in [0.717, 1.165) is 29.8 Å². The Morgan fingerprint density at radius 3 is 2.94 bits per heavy atom. The van der Waals surface area contributed by atoms with E-state index < -0.39 is 0 Å². The number of aromatic nitrogens is 2. The molecule has 84 valence electrons. The first-order valence-electron chi connectivity index (χ1n) is 5.19. The van der Waals surface area contributed by atoms with Gasteiger partial charge < -0.3 is 5.32 Å². The van der Waals surface area contributed by atoms with Crippen molar-refractivity contribution >= 4 is 0 Å². The summed E-state index contributed by atoms with van der Waals surface area (Å²) in [6, 6.07) is 4.85. The Bertz CT molecular complexity index is 451. The molecule has 0 bridgehead atoms. The van der Waals surface area contributed by atoms with Gasteiger partial charge in [0.1, 0.15) is 5.82 Å². The monoisotopic (exact) mass is 219 g/mol. The summed E-state index contributed by atoms with van der Waals surface area (Å²) in [5, 5.41) is 9.90. The topological polar surface area (TPSA) is 40.7 Å². The average molecular weight is 219 g/mol. The predicted octanol–water partition coefficient (Wildman–Crippen LogP) is 2.15. The molecule has 0 unspecified atom stereocenters. The zero-order valence-electron chi connectivity index (χ0n) is 9.13. The molecule has 0 radical (unpaired) electrons. The fourth-order valence-electron chi connectivity index (χ4n) is 1.57. The quantitative estimate of drug-likeness (QED) is 0.827. The van der Waals surface area contributed by atoms with E-state index in [2.05, 4.69) is 15.5 Å². The van der Waals surface area contributed by atoms with Gasteiger partial charge in [0, 0.05) is 24.8 Å². The SMILES string of the molecule is Cc1cc(F)ccc1CNCc1cn[nH]c1. The highest BCUT2D eigenvalue weighted by Gasteiger charge is 2.00. The van der Waals surface area contributed by atoms with Crippen molar-refractivity contribution in [2.75, 3.05) is 0 Å². The molecule has 0 spiro atoms. The molecular formula is C12H14FN3. The van der Waals surface area contributed by atoms with E-state index in [0.29, 0.717) is 0 Å². The highest BCUT2D eigenvalue weighted by Crippen LogP contribution is 2.09. The highest BCUT2D eigenvalue weighted by atomic mass is 19.1. The minimum absolute atomic E-state index is 0.184. The zero-order valence-corrected chi connectivity index (χ0v) is 9.13. The molecule has 0 aliphatic rings. The third-order valence-corrected chi connectivity index (χ3v) is 2.50. The van der Waals surface area contributed by atoms with Crippen molar-refractivity contribution in [3.63, 3.8) is 0 Å². The molecule has 0 saturated heterocycles. The Morgan fingerprint density at radius 1 is 1.38 bits per heavy atom. The van der Waals surface area contributed by atoms with Crippen molar-refractivity contribution in [3.05, 3.63) is 53.1 Å². The minimum atomic E-state index is -0.184. The summed E-state index contributed by atoms with van der Waals surface area (Å²) in [6.07, 6.45) is 3.63. The third kappa shape index (κ3) is 2.67. The molecular weight excluding hydrogens is 205 g/mol. The molecule has 0 fully saturated rings. The first-order valence-corrected chi connectivity index (χ1v) is 5.19. The Labute approximate surface area is 93.7 Å². The van der Waals surface area contributed by atoms with Crippen LogP contribution in [0.25, 0.3) is 0 Å². The number of rotatable bonds is 4. The predicted molar refractivity (Wildman–Crippen MR) is 60.3 cm³/mol. The normalized spacial score (nSPS) is 10.6. The fourth-order valence-corrected chi connectivity index (χ4v) is 1.57. The number of nitrogens with zero attached hydrogens (tertiary/aromatic N) is 1. The number of benzene rings is 1. The summed E-state index contributed by atoms with van der Waals surface area (Å²) in [5.41, 5.74) is 3.20. The summed E-state index contributed by atoms with van der Waals surface area (Å²) < 4.78 is 12.9. The summed E-state index contributed by atoms with van der Waals surface area (Å²) in [7, 11) is 0. The van der Waals surface area contributed by atoms with Gasteiger partial charge in [0.2, 0.25) is 0 Å². The largest absolute Gasteiger partial charge is 0.308 e. The van der Waals surface area contributed by atoms with Crippen LogP contribution < -0.4 is 5.32 Å². The molecule has 0 aliphatic heterocycles. The number of hydrogen-bond acceptors (Lipinski definition) is 2. The Balaban J connectivity index is 1.90. The van der Waals surface area contributed by atoms with Gasteiger partial charge in [-0.2, -0.15) is 5.10 Å². The summed E-state index contributed by atoms with van der Waals surface area (Å²) in [4.78, 5) is 0. The lowest BCUT2D eigenvalue weighted by Crippen LogP contribution is -2.13. The number of nitrogens with one attached hydrogen (secondary N) is 2. The molecule has 2 aromatic rings. The maximum atomic E-state index is 12.9. The Hall–Kier alpha value is -1.68. The van der Waals surface area contributed by atoms with E-state index >= 15 is 0 Å². The molecule has 4 heteroatoms. The minimum Gasteiger partial charge on any atom is -0.308 e. The molecule has 1 aromatic heterocycles. The molecule has 1 aromatic carbocycles. The number of hydrogen-bond donors (Lipinski definition) is 2. The van der Waals surface area contributed by atoms with Gasteiger partial charge in [0.05, 0.1) is 6.20 Å². The van der Waals surface area contributed by atoms with Gasteiger partial charge in [-0.05, 0) is 30.2 Å². The van der Waals surface area contributed by atoms with Crippen LogP contribution in [0.2, 0.25) is 0 Å². The lowest BCUT2D eigenvalue weighted by Gasteiger charge is -2.06. The van der Waals surface area contributed by atoms with Gasteiger partial charge in [-0.1, -0.05) is 6.07 Å². The van der Waals surface area contributed by atoms with Crippen LogP contribution in [0.4, 0.5) is 4.39 Å². The van der Waals surface area contributed by atoms with Crippen LogP contribution in [0, 0.1) is 12.7 Å². The molecule has 0 saturated carbocycles. The van der Waals surface area contributed by atoms with Gasteiger partial charge in [-0.3, -0.25) is 5.10 Å². The number of aryl methyl sites for hydroxylation is 1. The van der Waals surface area contributed by atoms with E-state index in [9.17, 15) is 4.39 Å². The van der Waals surface area contributed by atoms with E-state index in [1.54, 1.807) is 12.3 Å². The van der Waals surface area contributed by atoms with Gasteiger partial charge >= 0.3 is 0 Å². The van der Waals surface area contributed by atoms with Crippen LogP contribution >= 0.6 is 0 Å². The van der Waals surface area contributed by atoms with Crippen LogP contribution in [-0.2, 0) is 13.1 Å². The van der Waals surface area contributed by atoms with E-state index in [-0.39, 0.29) is 5.82 Å². The lowest BCUT2D eigenvalue weighted by atomic mass is 10.1. The van der Waals surface area contributed by atoms with Crippen molar-refractivity contribution in [3.8, 4) is 0 Å². The zero-order chi connectivity index (χ0) is 11.4. The smallest absolute Gasteiger partial charge is 0.123 e. The third-order valence-electron chi connectivity index (χ3n) is 2.50. The first-order chi connectivity index (χ1) is 7.75. The van der Waals surface area contributed by atoms with Gasteiger partial charge in [0.25, 0.3) is 0 Å². The van der Waals surface area contributed by atoms with Crippen LogP contribution in [0.5, 0.6) is 0 Å². The van der Waals surface area contributed by atoms with Crippen LogP contribution in [0.15, 0.2) is 30.6 Å². The molecule has 2 rings (SSSR count). The molecule has 3 nitrogen and oxygen atoms in total. The first kappa shape index (κ1) is 10.8. The maximum Gasteiger partial charge on any atom is 0.123 e. The Kier molecular flexibility index (Phi) is 3.31.